The van der Waals surface area contributed by atoms with Crippen molar-refractivity contribution in [2.45, 2.75) is 13.0 Å². The lowest BCUT2D eigenvalue weighted by molar-refractivity contribution is 0.194. The molecule has 0 aliphatic rings. The Balaban J connectivity index is 2.18. The summed E-state index contributed by atoms with van der Waals surface area (Å²) in [6, 6.07) is 9.70. The second-order valence-electron chi connectivity index (χ2n) is 4.11. The number of hydrogen-bond acceptors (Lipinski definition) is 4. The van der Waals surface area contributed by atoms with E-state index in [0.29, 0.717) is 5.69 Å². The van der Waals surface area contributed by atoms with Crippen molar-refractivity contribution in [3.8, 4) is 5.69 Å². The van der Waals surface area contributed by atoms with Crippen LogP contribution in [-0.2, 0) is 0 Å². The van der Waals surface area contributed by atoms with Crippen LogP contribution in [0.2, 0.25) is 0 Å². The Morgan fingerprint density at radius 2 is 2.11 bits per heavy atom. The van der Waals surface area contributed by atoms with Crippen LogP contribution >= 0.6 is 0 Å². The molecule has 0 aliphatic heterocycles. The number of aliphatic hydroxyl groups excluding tert-OH is 1. The van der Waals surface area contributed by atoms with E-state index in [1.165, 1.54) is 0 Å². The van der Waals surface area contributed by atoms with E-state index in [1.807, 2.05) is 30.3 Å². The average molecular weight is 240 g/mol. The molecule has 0 fully saturated rings. The van der Waals surface area contributed by atoms with E-state index in [4.69, 9.17) is 0 Å². The smallest absolute Gasteiger partial charge is 0.111 e. The van der Waals surface area contributed by atoms with Gasteiger partial charge in [-0.05, 0) is 31.2 Å². The maximum atomic E-state index is 9.47. The summed E-state index contributed by atoms with van der Waals surface area (Å²) in [6.45, 7) is 1.67. The van der Waals surface area contributed by atoms with Gasteiger partial charge in [-0.25, -0.2) is 4.68 Å². The van der Waals surface area contributed by atoms with E-state index >= 15 is 0 Å². The molecule has 1 unspecified atom stereocenters. The topological polar surface area (TPSA) is 63.8 Å². The Morgan fingerprint density at radius 3 is 2.89 bits per heavy atom. The van der Waals surface area contributed by atoms with Crippen LogP contribution in [0, 0.1) is 0 Å². The molecule has 18 heavy (non-hydrogen) atoms. The molecule has 1 N–H and O–H groups in total. The van der Waals surface area contributed by atoms with E-state index in [2.05, 4.69) is 15.3 Å². The molecule has 3 rings (SSSR count). The Morgan fingerprint density at radius 1 is 1.22 bits per heavy atom. The number of pyridine rings is 1. The van der Waals surface area contributed by atoms with E-state index in [-0.39, 0.29) is 0 Å². The predicted molar refractivity (Wildman–Crippen MR) is 67.3 cm³/mol. The van der Waals surface area contributed by atoms with Gasteiger partial charge in [0.2, 0.25) is 0 Å². The van der Waals surface area contributed by atoms with Gasteiger partial charge >= 0.3 is 0 Å². The second kappa shape index (κ2) is 4.19. The van der Waals surface area contributed by atoms with Gasteiger partial charge in [-0.2, -0.15) is 0 Å². The molecule has 0 radical (unpaired) electrons. The Labute approximate surface area is 104 Å². The minimum absolute atomic E-state index is 0.552. The first-order valence-corrected chi connectivity index (χ1v) is 5.70. The molecule has 1 aromatic carbocycles. The van der Waals surface area contributed by atoms with E-state index in [1.54, 1.807) is 24.0 Å². The highest BCUT2D eigenvalue weighted by Gasteiger charge is 2.09. The van der Waals surface area contributed by atoms with E-state index in [9.17, 15) is 5.11 Å². The summed E-state index contributed by atoms with van der Waals surface area (Å²) in [5.41, 5.74) is 2.36. The first kappa shape index (κ1) is 10.9. The summed E-state index contributed by atoms with van der Waals surface area (Å²) in [6.07, 6.45) is 2.87. The van der Waals surface area contributed by atoms with Crippen LogP contribution in [0.1, 0.15) is 18.7 Å². The molecule has 0 saturated carbocycles. The quantitative estimate of drug-likeness (QED) is 0.742. The van der Waals surface area contributed by atoms with Gasteiger partial charge < -0.3 is 5.11 Å². The van der Waals surface area contributed by atoms with Gasteiger partial charge in [0.15, 0.2) is 0 Å². The number of hydrogen-bond donors (Lipinski definition) is 1. The zero-order valence-corrected chi connectivity index (χ0v) is 9.85. The highest BCUT2D eigenvalue weighted by Crippen LogP contribution is 2.20. The molecule has 3 aromatic rings. The van der Waals surface area contributed by atoms with E-state index < -0.39 is 6.10 Å². The normalized spacial score (nSPS) is 12.8. The fraction of sp³-hybridized carbons (Fsp3) is 0.154. The van der Waals surface area contributed by atoms with Crippen LogP contribution in [0.25, 0.3) is 16.6 Å². The number of rotatable bonds is 2. The fourth-order valence-corrected chi connectivity index (χ4v) is 1.87. The summed E-state index contributed by atoms with van der Waals surface area (Å²) in [7, 11) is 0. The number of benzene rings is 1. The molecule has 1 atom stereocenters. The van der Waals surface area contributed by atoms with Crippen molar-refractivity contribution in [1.29, 1.82) is 0 Å². The lowest BCUT2D eigenvalue weighted by atomic mass is 10.2. The molecular weight excluding hydrogens is 228 g/mol. The van der Waals surface area contributed by atoms with Gasteiger partial charge in [0.25, 0.3) is 0 Å². The van der Waals surface area contributed by atoms with E-state index in [0.717, 1.165) is 16.6 Å². The third kappa shape index (κ3) is 1.74. The lowest BCUT2D eigenvalue weighted by Crippen LogP contribution is -1.96. The predicted octanol–water partition coefficient (Wildman–Crippen LogP) is 1.87. The average Bonchev–Trinajstić information content (AvgIpc) is 2.87. The Bertz CT molecular complexity index is 685. The van der Waals surface area contributed by atoms with Crippen molar-refractivity contribution >= 4 is 10.9 Å². The SMILES string of the molecule is CC(O)c1cn(-c2cccc3ncccc23)nn1. The molecular formula is C13H12N4O. The molecule has 0 amide bonds. The Kier molecular flexibility index (Phi) is 2.53. The molecule has 2 heterocycles. The van der Waals surface area contributed by atoms with Crippen LogP contribution in [0.4, 0.5) is 0 Å². The number of nitrogens with zero attached hydrogens (tertiary/aromatic N) is 4. The number of aromatic nitrogens is 4. The molecule has 5 heteroatoms. The van der Waals surface area contributed by atoms with Gasteiger partial charge in [-0.15, -0.1) is 5.10 Å². The summed E-state index contributed by atoms with van der Waals surface area (Å²) in [5.74, 6) is 0. The third-order valence-corrected chi connectivity index (χ3v) is 2.81. The lowest BCUT2D eigenvalue weighted by Gasteiger charge is -2.04. The van der Waals surface area contributed by atoms with Crippen molar-refractivity contribution in [1.82, 2.24) is 20.0 Å². The van der Waals surface area contributed by atoms with Gasteiger partial charge in [0.1, 0.15) is 5.69 Å². The molecule has 0 spiro atoms. The molecule has 90 valence electrons. The monoisotopic (exact) mass is 240 g/mol. The minimum Gasteiger partial charge on any atom is -0.387 e. The van der Waals surface area contributed by atoms with Crippen molar-refractivity contribution in [2.75, 3.05) is 0 Å². The summed E-state index contributed by atoms with van der Waals surface area (Å²) < 4.78 is 1.66. The standard InChI is InChI=1S/C13H12N4O/c1-9(18)12-8-17(16-15-12)13-6-2-5-11-10(13)4-3-7-14-11/h2-9,18H,1H3. The summed E-state index contributed by atoms with van der Waals surface area (Å²) >= 11 is 0. The van der Waals surface area contributed by atoms with Gasteiger partial charge in [0, 0.05) is 11.6 Å². The van der Waals surface area contributed by atoms with Crippen LogP contribution in [0.5, 0.6) is 0 Å². The molecule has 0 aliphatic carbocycles. The Hall–Kier alpha value is -2.27. The van der Waals surface area contributed by atoms with Crippen LogP contribution in [-0.4, -0.2) is 25.1 Å². The second-order valence-corrected chi connectivity index (χ2v) is 4.11. The number of aliphatic hydroxyl groups is 1. The fourth-order valence-electron chi connectivity index (χ4n) is 1.87. The van der Waals surface area contributed by atoms with Gasteiger partial charge in [0.05, 0.1) is 23.5 Å². The molecule has 5 nitrogen and oxygen atoms in total. The summed E-state index contributed by atoms with van der Waals surface area (Å²) in [5, 5.41) is 18.4. The molecule has 0 saturated heterocycles. The molecule has 2 aromatic heterocycles. The number of fused-ring (bicyclic) bond motifs is 1. The molecule has 0 bridgehead atoms. The van der Waals surface area contributed by atoms with Crippen molar-refractivity contribution in [3.63, 3.8) is 0 Å². The zero-order valence-electron chi connectivity index (χ0n) is 9.85. The van der Waals surface area contributed by atoms with Gasteiger partial charge in [-0.3, -0.25) is 4.98 Å². The maximum absolute atomic E-state index is 9.47. The largest absolute Gasteiger partial charge is 0.387 e. The van der Waals surface area contributed by atoms with Crippen LogP contribution < -0.4 is 0 Å². The maximum Gasteiger partial charge on any atom is 0.111 e. The van der Waals surface area contributed by atoms with Crippen molar-refractivity contribution in [3.05, 3.63) is 48.4 Å². The van der Waals surface area contributed by atoms with Crippen molar-refractivity contribution < 1.29 is 5.11 Å². The first-order valence-electron chi connectivity index (χ1n) is 5.70. The van der Waals surface area contributed by atoms with Gasteiger partial charge in [-0.1, -0.05) is 11.3 Å². The van der Waals surface area contributed by atoms with Crippen LogP contribution in [0.15, 0.2) is 42.7 Å². The summed E-state index contributed by atoms with van der Waals surface area (Å²) in [4.78, 5) is 4.30. The van der Waals surface area contributed by atoms with Crippen LogP contribution in [0.3, 0.4) is 0 Å². The zero-order chi connectivity index (χ0) is 12.5. The highest BCUT2D eigenvalue weighted by molar-refractivity contribution is 5.86. The minimum atomic E-state index is -0.619. The third-order valence-electron chi connectivity index (χ3n) is 2.81. The highest BCUT2D eigenvalue weighted by atomic mass is 16.3. The first-order chi connectivity index (χ1) is 8.75. The van der Waals surface area contributed by atoms with Crippen molar-refractivity contribution in [2.24, 2.45) is 0 Å².